The van der Waals surface area contributed by atoms with E-state index < -0.39 is 12.0 Å². The Morgan fingerprint density at radius 2 is 2.06 bits per heavy atom. The van der Waals surface area contributed by atoms with Crippen LogP contribution in [0.1, 0.15) is 18.1 Å². The average molecular weight is 264 g/mol. The molecule has 0 fully saturated rings. The van der Waals surface area contributed by atoms with Gasteiger partial charge in [0.1, 0.15) is 0 Å². The normalized spacial score (nSPS) is 12.3. The highest BCUT2D eigenvalue weighted by Gasteiger charge is 2.16. The van der Waals surface area contributed by atoms with Crippen LogP contribution in [0, 0.1) is 0 Å². The number of benzene rings is 1. The van der Waals surface area contributed by atoms with Gasteiger partial charge in [-0.15, -0.1) is 0 Å². The summed E-state index contributed by atoms with van der Waals surface area (Å²) in [5, 5.41) is 19.7. The number of nitrogens with zero attached hydrogens (tertiary/aromatic N) is 1. The zero-order valence-corrected chi connectivity index (χ0v) is 10.0. The molecule has 0 aliphatic carbocycles. The molecule has 0 aliphatic heterocycles. The summed E-state index contributed by atoms with van der Waals surface area (Å²) in [4.78, 5) is 11.1. The standard InChI is InChI=1S/C10H11Cl2NO3/c1-13(16)10(15)5-9(14)6-2-3-7(11)8(12)4-6/h2-4,9,14,16H,5H2,1H3. The highest BCUT2D eigenvalue weighted by molar-refractivity contribution is 6.42. The Hall–Kier alpha value is -0.810. The summed E-state index contributed by atoms with van der Waals surface area (Å²) in [5.74, 6) is -0.585. The van der Waals surface area contributed by atoms with Crippen LogP contribution < -0.4 is 0 Å². The first-order valence-electron chi connectivity index (χ1n) is 4.50. The number of carbonyl (C=O) groups is 1. The second-order valence-electron chi connectivity index (χ2n) is 3.31. The van der Waals surface area contributed by atoms with Gasteiger partial charge >= 0.3 is 0 Å². The second-order valence-corrected chi connectivity index (χ2v) is 4.13. The molecular weight excluding hydrogens is 253 g/mol. The minimum Gasteiger partial charge on any atom is -0.388 e. The molecule has 1 unspecified atom stereocenters. The van der Waals surface area contributed by atoms with Crippen LogP contribution in [0.2, 0.25) is 10.0 Å². The van der Waals surface area contributed by atoms with Gasteiger partial charge in [-0.25, -0.2) is 5.06 Å². The Morgan fingerprint density at radius 1 is 1.44 bits per heavy atom. The molecule has 0 spiro atoms. The number of carbonyl (C=O) groups excluding carboxylic acids is 1. The fraction of sp³-hybridized carbons (Fsp3) is 0.300. The molecule has 0 saturated heterocycles. The molecule has 6 heteroatoms. The highest BCUT2D eigenvalue weighted by Crippen LogP contribution is 2.26. The van der Waals surface area contributed by atoms with E-state index >= 15 is 0 Å². The maximum absolute atomic E-state index is 11.1. The Balaban J connectivity index is 2.77. The van der Waals surface area contributed by atoms with Crippen molar-refractivity contribution in [3.63, 3.8) is 0 Å². The first-order chi connectivity index (χ1) is 7.41. The molecule has 16 heavy (non-hydrogen) atoms. The lowest BCUT2D eigenvalue weighted by molar-refractivity contribution is -0.161. The maximum atomic E-state index is 11.1. The molecule has 0 aromatic heterocycles. The van der Waals surface area contributed by atoms with E-state index in [0.29, 0.717) is 20.7 Å². The number of hydrogen-bond acceptors (Lipinski definition) is 3. The Kier molecular flexibility index (Phi) is 4.56. The Bertz CT molecular complexity index is 396. The van der Waals surface area contributed by atoms with E-state index in [0.717, 1.165) is 0 Å². The van der Waals surface area contributed by atoms with E-state index in [1.54, 1.807) is 6.07 Å². The summed E-state index contributed by atoms with van der Waals surface area (Å²) in [5.41, 5.74) is 0.476. The van der Waals surface area contributed by atoms with E-state index in [2.05, 4.69) is 0 Å². The van der Waals surface area contributed by atoms with Crippen LogP contribution in [0.25, 0.3) is 0 Å². The van der Waals surface area contributed by atoms with Crippen molar-refractivity contribution in [2.24, 2.45) is 0 Å². The third-order valence-electron chi connectivity index (χ3n) is 2.06. The molecule has 0 radical (unpaired) electrons. The summed E-state index contributed by atoms with van der Waals surface area (Å²) in [7, 11) is 1.20. The minimum absolute atomic E-state index is 0.217. The molecule has 1 aromatic rings. The second kappa shape index (κ2) is 5.50. The van der Waals surface area contributed by atoms with Crippen molar-refractivity contribution in [3.05, 3.63) is 33.8 Å². The predicted molar refractivity (Wildman–Crippen MR) is 60.6 cm³/mol. The number of amides is 1. The summed E-state index contributed by atoms with van der Waals surface area (Å²) in [6, 6.07) is 4.60. The van der Waals surface area contributed by atoms with Gasteiger partial charge in [0.2, 0.25) is 5.91 Å². The molecular formula is C10H11Cl2NO3. The SMILES string of the molecule is CN(O)C(=O)CC(O)c1ccc(Cl)c(Cl)c1. The van der Waals surface area contributed by atoms with Crippen molar-refractivity contribution in [3.8, 4) is 0 Å². The average Bonchev–Trinajstić information content (AvgIpc) is 2.21. The summed E-state index contributed by atoms with van der Waals surface area (Å²) < 4.78 is 0. The van der Waals surface area contributed by atoms with Gasteiger partial charge < -0.3 is 5.11 Å². The van der Waals surface area contributed by atoms with Crippen molar-refractivity contribution in [1.29, 1.82) is 0 Å². The van der Waals surface area contributed by atoms with Gasteiger partial charge in [-0.1, -0.05) is 29.3 Å². The van der Waals surface area contributed by atoms with Crippen LogP contribution in [-0.4, -0.2) is 28.3 Å². The van der Waals surface area contributed by atoms with Gasteiger partial charge in [-0.2, -0.15) is 0 Å². The zero-order valence-electron chi connectivity index (χ0n) is 8.52. The number of halogens is 2. The van der Waals surface area contributed by atoms with Gasteiger partial charge in [0.25, 0.3) is 0 Å². The molecule has 88 valence electrons. The lowest BCUT2D eigenvalue weighted by Crippen LogP contribution is -2.24. The predicted octanol–water partition coefficient (Wildman–Crippen LogP) is 2.26. The number of aliphatic hydroxyl groups is 1. The Morgan fingerprint density at radius 3 is 2.56 bits per heavy atom. The van der Waals surface area contributed by atoms with Gasteiger partial charge in [-0.05, 0) is 17.7 Å². The summed E-state index contributed by atoms with van der Waals surface area (Å²) in [6.45, 7) is 0. The third-order valence-corrected chi connectivity index (χ3v) is 2.80. The zero-order chi connectivity index (χ0) is 12.3. The highest BCUT2D eigenvalue weighted by atomic mass is 35.5. The Labute approximate surface area is 103 Å². The molecule has 1 amide bonds. The fourth-order valence-corrected chi connectivity index (χ4v) is 1.44. The molecule has 0 saturated carbocycles. The van der Waals surface area contributed by atoms with Crippen molar-refractivity contribution in [1.82, 2.24) is 5.06 Å². The third kappa shape index (κ3) is 3.35. The molecule has 1 aromatic carbocycles. The van der Waals surface area contributed by atoms with Gasteiger partial charge in [-0.3, -0.25) is 10.0 Å². The van der Waals surface area contributed by atoms with E-state index in [9.17, 15) is 9.90 Å². The van der Waals surface area contributed by atoms with Crippen LogP contribution in [0.5, 0.6) is 0 Å². The number of rotatable bonds is 3. The number of aliphatic hydroxyl groups excluding tert-OH is 1. The van der Waals surface area contributed by atoms with Crippen LogP contribution >= 0.6 is 23.2 Å². The molecule has 0 heterocycles. The number of hydrogen-bond donors (Lipinski definition) is 2. The quantitative estimate of drug-likeness (QED) is 0.650. The molecule has 1 atom stereocenters. The van der Waals surface area contributed by atoms with E-state index in [1.807, 2.05) is 0 Å². The van der Waals surface area contributed by atoms with Crippen LogP contribution in [0.3, 0.4) is 0 Å². The van der Waals surface area contributed by atoms with E-state index in [1.165, 1.54) is 19.2 Å². The van der Waals surface area contributed by atoms with Crippen molar-refractivity contribution >= 4 is 29.1 Å². The van der Waals surface area contributed by atoms with Gasteiger partial charge in [0, 0.05) is 7.05 Å². The van der Waals surface area contributed by atoms with Crippen LogP contribution in [-0.2, 0) is 4.79 Å². The summed E-state index contributed by atoms with van der Waals surface area (Å²) >= 11 is 11.5. The van der Waals surface area contributed by atoms with E-state index in [-0.39, 0.29) is 6.42 Å². The van der Waals surface area contributed by atoms with Crippen molar-refractivity contribution < 1.29 is 15.1 Å². The monoisotopic (exact) mass is 263 g/mol. The first kappa shape index (κ1) is 13.3. The lowest BCUT2D eigenvalue weighted by Gasteiger charge is -2.13. The summed E-state index contributed by atoms with van der Waals surface area (Å²) in [6.07, 6.45) is -1.23. The maximum Gasteiger partial charge on any atom is 0.248 e. The largest absolute Gasteiger partial charge is 0.388 e. The lowest BCUT2D eigenvalue weighted by atomic mass is 10.1. The first-order valence-corrected chi connectivity index (χ1v) is 5.26. The molecule has 2 N–H and O–H groups in total. The van der Waals surface area contributed by atoms with Crippen LogP contribution in [0.15, 0.2) is 18.2 Å². The van der Waals surface area contributed by atoms with Crippen molar-refractivity contribution in [2.75, 3.05) is 7.05 Å². The smallest absolute Gasteiger partial charge is 0.248 e. The van der Waals surface area contributed by atoms with E-state index in [4.69, 9.17) is 28.4 Å². The van der Waals surface area contributed by atoms with Gasteiger partial charge in [0.15, 0.2) is 0 Å². The topological polar surface area (TPSA) is 60.8 Å². The minimum atomic E-state index is -1.02. The fourth-order valence-electron chi connectivity index (χ4n) is 1.14. The van der Waals surface area contributed by atoms with Crippen molar-refractivity contribution in [2.45, 2.75) is 12.5 Å². The van der Waals surface area contributed by atoms with Gasteiger partial charge in [0.05, 0.1) is 22.6 Å². The molecule has 0 aliphatic rings. The number of hydroxylamine groups is 2. The molecule has 1 rings (SSSR count). The molecule has 4 nitrogen and oxygen atoms in total. The molecule has 0 bridgehead atoms. The van der Waals surface area contributed by atoms with Crippen LogP contribution in [0.4, 0.5) is 0 Å².